The van der Waals surface area contributed by atoms with E-state index in [0.717, 1.165) is 56.8 Å². The lowest BCUT2D eigenvalue weighted by Crippen LogP contribution is -2.41. The molecule has 3 aromatic rings. The summed E-state index contributed by atoms with van der Waals surface area (Å²) in [6, 6.07) is 10.4. The number of halogens is 4. The minimum atomic E-state index is -5.08. The second-order valence-corrected chi connectivity index (χ2v) is 9.17. The van der Waals surface area contributed by atoms with Gasteiger partial charge in [0.15, 0.2) is 0 Å². The molecule has 2 aliphatic heterocycles. The zero-order chi connectivity index (χ0) is 26.6. The van der Waals surface area contributed by atoms with Crippen molar-refractivity contribution in [3.05, 3.63) is 71.5 Å². The van der Waals surface area contributed by atoms with E-state index in [4.69, 9.17) is 14.3 Å². The van der Waals surface area contributed by atoms with E-state index in [1.54, 1.807) is 24.5 Å². The molecule has 0 atom stereocenters. The first-order chi connectivity index (χ1) is 17.5. The van der Waals surface area contributed by atoms with E-state index in [0.29, 0.717) is 18.1 Å². The zero-order valence-electron chi connectivity index (χ0n) is 19.7. The highest BCUT2D eigenvalue weighted by molar-refractivity contribution is 5.90. The van der Waals surface area contributed by atoms with Gasteiger partial charge in [-0.1, -0.05) is 12.1 Å². The molecule has 0 saturated carbocycles. The molecule has 1 saturated heterocycles. The Balaban J connectivity index is 0.000000405. The van der Waals surface area contributed by atoms with Crippen LogP contribution in [0.25, 0.3) is 0 Å². The summed E-state index contributed by atoms with van der Waals surface area (Å²) in [4.78, 5) is 23.9. The fourth-order valence-corrected chi connectivity index (χ4v) is 4.60. The van der Waals surface area contributed by atoms with Crippen molar-refractivity contribution in [1.29, 1.82) is 0 Å². The minimum absolute atomic E-state index is 0.125. The van der Waals surface area contributed by atoms with Gasteiger partial charge in [0.1, 0.15) is 17.4 Å². The summed E-state index contributed by atoms with van der Waals surface area (Å²) in [5.41, 5.74) is 1.13. The molecule has 2 N–H and O–H groups in total. The van der Waals surface area contributed by atoms with Crippen LogP contribution in [0.15, 0.2) is 47.1 Å². The van der Waals surface area contributed by atoms with E-state index >= 15 is 0 Å². The number of carboxylic acids is 1. The van der Waals surface area contributed by atoms with Gasteiger partial charge in [-0.15, -0.1) is 10.2 Å². The highest BCUT2D eigenvalue weighted by atomic mass is 19.4. The zero-order valence-corrected chi connectivity index (χ0v) is 19.7. The number of nitrogens with one attached hydrogen (secondary N) is 1. The molecule has 37 heavy (non-hydrogen) atoms. The van der Waals surface area contributed by atoms with E-state index in [1.807, 2.05) is 16.7 Å². The second kappa shape index (κ2) is 10.7. The van der Waals surface area contributed by atoms with Crippen molar-refractivity contribution < 1.29 is 36.7 Å². The molecule has 1 aromatic carbocycles. The molecule has 1 spiro atoms. The molecule has 0 bridgehead atoms. The largest absolute Gasteiger partial charge is 0.490 e. The van der Waals surface area contributed by atoms with Gasteiger partial charge in [-0.3, -0.25) is 9.69 Å². The average molecular weight is 523 g/mol. The van der Waals surface area contributed by atoms with Gasteiger partial charge in [-0.2, -0.15) is 13.2 Å². The number of nitrogens with zero attached hydrogens (tertiary/aromatic N) is 4. The fourth-order valence-electron chi connectivity index (χ4n) is 4.60. The smallest absolute Gasteiger partial charge is 0.475 e. The van der Waals surface area contributed by atoms with E-state index in [1.165, 1.54) is 6.07 Å². The van der Waals surface area contributed by atoms with Crippen molar-refractivity contribution in [3.63, 3.8) is 0 Å². The van der Waals surface area contributed by atoms with Gasteiger partial charge in [-0.05, 0) is 61.2 Å². The van der Waals surface area contributed by atoms with Gasteiger partial charge in [0.25, 0.3) is 5.91 Å². The van der Waals surface area contributed by atoms with Crippen LogP contribution in [0.2, 0.25) is 0 Å². The van der Waals surface area contributed by atoms with Crippen molar-refractivity contribution in [3.8, 4) is 0 Å². The van der Waals surface area contributed by atoms with Crippen molar-refractivity contribution in [2.45, 2.75) is 45.1 Å². The number of furan rings is 1. The lowest BCUT2D eigenvalue weighted by atomic mass is 9.77. The number of hydrogen-bond acceptors (Lipinski definition) is 6. The number of benzene rings is 1. The third kappa shape index (κ3) is 6.53. The molecular weight excluding hydrogens is 498 g/mol. The van der Waals surface area contributed by atoms with E-state index < -0.39 is 12.1 Å². The van der Waals surface area contributed by atoms with E-state index in [2.05, 4.69) is 20.4 Å². The predicted octanol–water partition coefficient (Wildman–Crippen LogP) is 3.41. The van der Waals surface area contributed by atoms with E-state index in [9.17, 15) is 22.4 Å². The van der Waals surface area contributed by atoms with Gasteiger partial charge in [0.2, 0.25) is 5.82 Å². The van der Waals surface area contributed by atoms with Gasteiger partial charge >= 0.3 is 12.1 Å². The molecule has 1 fully saturated rings. The number of amides is 1. The Morgan fingerprint density at radius 3 is 2.49 bits per heavy atom. The van der Waals surface area contributed by atoms with Gasteiger partial charge < -0.3 is 19.4 Å². The van der Waals surface area contributed by atoms with Crippen molar-refractivity contribution in [2.24, 2.45) is 5.41 Å². The van der Waals surface area contributed by atoms with Gasteiger partial charge in [0.05, 0.1) is 12.8 Å². The van der Waals surface area contributed by atoms with Crippen LogP contribution in [-0.2, 0) is 30.8 Å². The molecule has 2 aromatic heterocycles. The number of carbonyl (C=O) groups is 2. The third-order valence-electron chi connectivity index (χ3n) is 6.51. The molecule has 5 rings (SSSR count). The Morgan fingerprint density at radius 1 is 1.14 bits per heavy atom. The average Bonchev–Trinajstić information content (AvgIpc) is 3.56. The first-order valence-corrected chi connectivity index (χ1v) is 11.5. The lowest BCUT2D eigenvalue weighted by molar-refractivity contribution is -0.192. The van der Waals surface area contributed by atoms with Crippen LogP contribution >= 0.6 is 0 Å². The van der Waals surface area contributed by atoms with Crippen LogP contribution in [0.1, 0.15) is 40.6 Å². The van der Waals surface area contributed by atoms with E-state index in [-0.39, 0.29) is 17.1 Å². The highest BCUT2D eigenvalue weighted by Gasteiger charge is 2.43. The summed E-state index contributed by atoms with van der Waals surface area (Å²) in [7, 11) is 0. The fraction of sp³-hybridized carbons (Fsp3) is 0.417. The molecule has 4 heterocycles. The summed E-state index contributed by atoms with van der Waals surface area (Å²) in [5, 5.41) is 18.4. The number of piperidine rings is 1. The van der Waals surface area contributed by atoms with Crippen LogP contribution in [0.3, 0.4) is 0 Å². The maximum absolute atomic E-state index is 13.4. The summed E-state index contributed by atoms with van der Waals surface area (Å²) < 4.78 is 52.4. The Hall–Kier alpha value is -3.74. The van der Waals surface area contributed by atoms with Crippen LogP contribution in [0.4, 0.5) is 17.6 Å². The van der Waals surface area contributed by atoms with Gasteiger partial charge in [0, 0.05) is 19.5 Å². The maximum atomic E-state index is 13.4. The number of rotatable bonds is 5. The number of carbonyl (C=O) groups excluding carboxylic acids is 1. The quantitative estimate of drug-likeness (QED) is 0.493. The second-order valence-electron chi connectivity index (χ2n) is 9.17. The SMILES string of the molecule is O=C(NCc1ccco1)c1nnc2n1CC1(CCN(Cc3cccc(F)c3)CC1)C2.O=C(O)C(F)(F)F. The number of hydrogen-bond donors (Lipinski definition) is 2. The molecule has 1 amide bonds. The first-order valence-electron chi connectivity index (χ1n) is 11.5. The molecule has 13 heteroatoms. The highest BCUT2D eigenvalue weighted by Crippen LogP contribution is 2.41. The summed E-state index contributed by atoms with van der Waals surface area (Å²) >= 11 is 0. The number of likely N-dealkylation sites (tertiary alicyclic amines) is 1. The van der Waals surface area contributed by atoms with Crippen molar-refractivity contribution in [2.75, 3.05) is 13.1 Å². The molecule has 9 nitrogen and oxygen atoms in total. The summed E-state index contributed by atoms with van der Waals surface area (Å²) in [6.45, 7) is 3.77. The van der Waals surface area contributed by atoms with Crippen molar-refractivity contribution >= 4 is 11.9 Å². The molecule has 2 aliphatic rings. The Bertz CT molecular complexity index is 1230. The van der Waals surface area contributed by atoms with Crippen LogP contribution in [-0.4, -0.2) is 55.9 Å². The number of alkyl halides is 3. The summed E-state index contributed by atoms with van der Waals surface area (Å²) in [5.74, 6) is -1.22. The normalized spacial score (nSPS) is 16.6. The predicted molar refractivity (Wildman–Crippen MR) is 121 cm³/mol. The molecule has 0 aliphatic carbocycles. The van der Waals surface area contributed by atoms with Gasteiger partial charge in [-0.25, -0.2) is 9.18 Å². The van der Waals surface area contributed by atoms with Crippen LogP contribution in [0.5, 0.6) is 0 Å². The first kappa shape index (κ1) is 26.3. The van der Waals surface area contributed by atoms with Crippen molar-refractivity contribution in [1.82, 2.24) is 25.0 Å². The molecular formula is C24H25F4N5O4. The standard InChI is InChI=1S/C22H24FN5O2.C2HF3O2/c23-17-4-1-3-16(11-17)14-27-8-6-22(7-9-27)12-19-25-26-20(28(19)15-22)21(29)24-13-18-5-2-10-30-18;3-2(4,5)1(6)7/h1-5,10-11H,6-9,12-15H2,(H,24,29);(H,6,7). The molecule has 198 valence electrons. The number of aliphatic carboxylic acids is 1. The topological polar surface area (TPSA) is 113 Å². The Morgan fingerprint density at radius 2 is 1.86 bits per heavy atom. The Kier molecular flexibility index (Phi) is 7.62. The lowest BCUT2D eigenvalue weighted by Gasteiger charge is -2.39. The number of aromatic nitrogens is 3. The van der Waals surface area contributed by atoms with Crippen LogP contribution in [0, 0.1) is 11.2 Å². The maximum Gasteiger partial charge on any atom is 0.490 e. The van der Waals surface area contributed by atoms with Crippen LogP contribution < -0.4 is 5.32 Å². The number of carboxylic acid groups (broad SMARTS) is 1. The molecule has 0 unspecified atom stereocenters. The number of fused-ring (bicyclic) bond motifs is 1. The minimum Gasteiger partial charge on any atom is -0.475 e. The molecule has 0 radical (unpaired) electrons. The monoisotopic (exact) mass is 523 g/mol. The summed E-state index contributed by atoms with van der Waals surface area (Å²) in [6.07, 6.45) is -0.599. The third-order valence-corrected chi connectivity index (χ3v) is 6.51. The Labute approximate surface area is 209 Å².